The second kappa shape index (κ2) is 7.74. The Balaban J connectivity index is 1.65. The predicted molar refractivity (Wildman–Crippen MR) is 97.7 cm³/mol. The summed E-state index contributed by atoms with van der Waals surface area (Å²) in [6, 6.07) is 6.58. The van der Waals surface area contributed by atoms with E-state index in [-0.39, 0.29) is 30.3 Å². The Hall–Kier alpha value is -2.61. The van der Waals surface area contributed by atoms with Crippen molar-refractivity contribution in [3.05, 3.63) is 29.8 Å². The van der Waals surface area contributed by atoms with Crippen LogP contribution in [0.3, 0.4) is 0 Å². The summed E-state index contributed by atoms with van der Waals surface area (Å²) in [5, 5.41) is 5.53. The molecule has 2 saturated heterocycles. The Morgan fingerprint density at radius 1 is 1.31 bits per heavy atom. The van der Waals surface area contributed by atoms with Crippen molar-refractivity contribution in [2.24, 2.45) is 5.73 Å². The van der Waals surface area contributed by atoms with Crippen LogP contribution in [0.1, 0.15) is 18.9 Å². The first-order valence-corrected chi connectivity index (χ1v) is 8.96. The summed E-state index contributed by atoms with van der Waals surface area (Å²) in [5.74, 6) is -0.259. The lowest BCUT2D eigenvalue weighted by atomic mass is 10.1. The molecule has 2 atom stereocenters. The van der Waals surface area contributed by atoms with Crippen molar-refractivity contribution in [2.45, 2.75) is 31.8 Å². The summed E-state index contributed by atoms with van der Waals surface area (Å²) in [4.78, 5) is 39.8. The first-order chi connectivity index (χ1) is 12.5. The summed E-state index contributed by atoms with van der Waals surface area (Å²) in [7, 11) is 0. The number of nitrogens with one attached hydrogen (secondary N) is 2. The van der Waals surface area contributed by atoms with Gasteiger partial charge in [0.05, 0.1) is 6.42 Å². The highest BCUT2D eigenvalue weighted by Gasteiger charge is 2.37. The van der Waals surface area contributed by atoms with Crippen molar-refractivity contribution in [2.75, 3.05) is 31.1 Å². The molecule has 26 heavy (non-hydrogen) atoms. The molecule has 140 valence electrons. The molecule has 2 heterocycles. The van der Waals surface area contributed by atoms with Crippen LogP contribution in [0, 0.1) is 0 Å². The maximum absolute atomic E-state index is 12.7. The van der Waals surface area contributed by atoms with Crippen molar-refractivity contribution in [3.8, 4) is 0 Å². The smallest absolute Gasteiger partial charge is 0.321 e. The molecule has 0 aliphatic carbocycles. The van der Waals surface area contributed by atoms with Crippen LogP contribution in [0.2, 0.25) is 0 Å². The summed E-state index contributed by atoms with van der Waals surface area (Å²) in [6.07, 6.45) is 0.690. The van der Waals surface area contributed by atoms with Crippen LogP contribution in [0.4, 0.5) is 10.5 Å². The largest absolute Gasteiger partial charge is 0.355 e. The first-order valence-electron chi connectivity index (χ1n) is 8.96. The summed E-state index contributed by atoms with van der Waals surface area (Å²) < 4.78 is 0. The number of anilines is 1. The Morgan fingerprint density at radius 3 is 2.65 bits per heavy atom. The van der Waals surface area contributed by atoms with Crippen LogP contribution in [0.15, 0.2) is 24.3 Å². The average molecular weight is 359 g/mol. The molecule has 2 aliphatic rings. The van der Waals surface area contributed by atoms with Crippen LogP contribution in [-0.4, -0.2) is 61.0 Å². The molecule has 8 heteroatoms. The number of hydrogen-bond donors (Lipinski definition) is 3. The highest BCUT2D eigenvalue weighted by molar-refractivity contribution is 5.94. The van der Waals surface area contributed by atoms with Gasteiger partial charge in [0.25, 0.3) is 0 Å². The molecule has 1 aromatic rings. The molecule has 8 nitrogen and oxygen atoms in total. The van der Waals surface area contributed by atoms with Gasteiger partial charge in [0.15, 0.2) is 0 Å². The van der Waals surface area contributed by atoms with E-state index in [1.165, 1.54) is 0 Å². The number of amides is 4. The number of urea groups is 1. The Kier molecular flexibility index (Phi) is 5.41. The fourth-order valence-electron chi connectivity index (χ4n) is 3.47. The standard InChI is InChI=1S/C18H25N5O3/c1-2-20-17(25)15-10-13(19)11-23(15)16(24)9-12-3-5-14(6-4-12)22-8-7-21-18(22)26/h3-6,13,15H,2,7-11,19H2,1H3,(H,20,25)(H,21,26)/t13-,15-/m0/s1. The molecule has 3 rings (SSSR count). The zero-order valence-corrected chi connectivity index (χ0v) is 14.9. The van der Waals surface area contributed by atoms with Gasteiger partial charge >= 0.3 is 6.03 Å². The lowest BCUT2D eigenvalue weighted by molar-refractivity contribution is -0.137. The number of benzene rings is 1. The normalized spacial score (nSPS) is 22.5. The number of carbonyl (C=O) groups excluding carboxylic acids is 3. The number of nitrogens with zero attached hydrogens (tertiary/aromatic N) is 2. The van der Waals surface area contributed by atoms with Gasteiger partial charge < -0.3 is 21.3 Å². The molecule has 0 unspecified atom stereocenters. The second-order valence-corrected chi connectivity index (χ2v) is 6.68. The molecule has 0 bridgehead atoms. The molecule has 0 radical (unpaired) electrons. The van der Waals surface area contributed by atoms with Crippen molar-refractivity contribution in [3.63, 3.8) is 0 Å². The highest BCUT2D eigenvalue weighted by atomic mass is 16.2. The number of rotatable bonds is 5. The van der Waals surface area contributed by atoms with Gasteiger partial charge in [-0.1, -0.05) is 12.1 Å². The van der Waals surface area contributed by atoms with Gasteiger partial charge in [0.2, 0.25) is 11.8 Å². The van der Waals surface area contributed by atoms with E-state index in [0.717, 1.165) is 11.3 Å². The number of likely N-dealkylation sites (N-methyl/N-ethyl adjacent to an activating group) is 1. The quantitative estimate of drug-likeness (QED) is 0.678. The third-order valence-corrected chi connectivity index (χ3v) is 4.77. The molecule has 4 N–H and O–H groups in total. The van der Waals surface area contributed by atoms with Crippen molar-refractivity contribution in [1.29, 1.82) is 0 Å². The number of carbonyl (C=O) groups is 3. The van der Waals surface area contributed by atoms with Crippen LogP contribution in [0.25, 0.3) is 0 Å². The molecule has 2 aliphatic heterocycles. The van der Waals surface area contributed by atoms with Gasteiger partial charge in [-0.05, 0) is 31.0 Å². The minimum absolute atomic E-state index is 0.107. The molecule has 1 aromatic carbocycles. The molecular weight excluding hydrogens is 334 g/mol. The topological polar surface area (TPSA) is 108 Å². The molecule has 2 fully saturated rings. The van der Waals surface area contributed by atoms with Gasteiger partial charge in [0.1, 0.15) is 6.04 Å². The van der Waals surface area contributed by atoms with E-state index < -0.39 is 6.04 Å². The fourth-order valence-corrected chi connectivity index (χ4v) is 3.47. The number of hydrogen-bond acceptors (Lipinski definition) is 4. The van der Waals surface area contributed by atoms with Crippen LogP contribution < -0.4 is 21.3 Å². The van der Waals surface area contributed by atoms with Gasteiger partial charge in [0, 0.05) is 37.9 Å². The predicted octanol–water partition coefficient (Wildman–Crippen LogP) is -0.177. The summed E-state index contributed by atoms with van der Waals surface area (Å²) in [6.45, 7) is 4.04. The zero-order chi connectivity index (χ0) is 18.7. The van der Waals surface area contributed by atoms with E-state index in [9.17, 15) is 14.4 Å². The Morgan fingerprint density at radius 2 is 2.04 bits per heavy atom. The Bertz CT molecular complexity index is 691. The number of likely N-dealkylation sites (tertiary alicyclic amines) is 1. The monoisotopic (exact) mass is 359 g/mol. The number of nitrogens with two attached hydrogens (primary N) is 1. The minimum Gasteiger partial charge on any atom is -0.355 e. The van der Waals surface area contributed by atoms with Crippen molar-refractivity contribution >= 4 is 23.5 Å². The lowest BCUT2D eigenvalue weighted by Crippen LogP contribution is -2.46. The van der Waals surface area contributed by atoms with Crippen molar-refractivity contribution in [1.82, 2.24) is 15.5 Å². The fraction of sp³-hybridized carbons (Fsp3) is 0.500. The van der Waals surface area contributed by atoms with Crippen molar-refractivity contribution < 1.29 is 14.4 Å². The zero-order valence-electron chi connectivity index (χ0n) is 14.9. The van der Waals surface area contributed by atoms with E-state index in [0.29, 0.717) is 32.6 Å². The molecule has 0 saturated carbocycles. The minimum atomic E-state index is -0.495. The summed E-state index contributed by atoms with van der Waals surface area (Å²) in [5.41, 5.74) is 7.61. The maximum Gasteiger partial charge on any atom is 0.321 e. The maximum atomic E-state index is 12.7. The highest BCUT2D eigenvalue weighted by Crippen LogP contribution is 2.21. The van der Waals surface area contributed by atoms with Gasteiger partial charge in [-0.15, -0.1) is 0 Å². The van der Waals surface area contributed by atoms with Gasteiger partial charge in [-0.25, -0.2) is 4.79 Å². The van der Waals surface area contributed by atoms with E-state index in [2.05, 4.69) is 10.6 Å². The molecule has 4 amide bonds. The second-order valence-electron chi connectivity index (χ2n) is 6.68. The van der Waals surface area contributed by atoms with Crippen LogP contribution in [-0.2, 0) is 16.0 Å². The van der Waals surface area contributed by atoms with E-state index in [4.69, 9.17) is 5.73 Å². The molecular formula is C18H25N5O3. The van der Waals surface area contributed by atoms with Crippen LogP contribution >= 0.6 is 0 Å². The van der Waals surface area contributed by atoms with Crippen LogP contribution in [0.5, 0.6) is 0 Å². The average Bonchev–Trinajstić information content (AvgIpc) is 3.22. The van der Waals surface area contributed by atoms with E-state index in [1.54, 1.807) is 9.80 Å². The molecule has 0 aromatic heterocycles. The van der Waals surface area contributed by atoms with E-state index in [1.807, 2.05) is 31.2 Å². The third-order valence-electron chi connectivity index (χ3n) is 4.77. The van der Waals surface area contributed by atoms with Gasteiger partial charge in [-0.2, -0.15) is 0 Å². The van der Waals surface area contributed by atoms with Gasteiger partial charge in [-0.3, -0.25) is 14.5 Å². The van der Waals surface area contributed by atoms with E-state index >= 15 is 0 Å². The summed E-state index contributed by atoms with van der Waals surface area (Å²) >= 11 is 0. The Labute approximate surface area is 152 Å². The lowest BCUT2D eigenvalue weighted by Gasteiger charge is -2.24. The molecule has 0 spiro atoms. The first kappa shape index (κ1) is 18.2. The third kappa shape index (κ3) is 3.80. The SMILES string of the molecule is CCNC(=O)[C@@H]1C[C@H](N)CN1C(=O)Cc1ccc(N2CCNC2=O)cc1.